The van der Waals surface area contributed by atoms with Crippen molar-refractivity contribution >= 4 is 23.3 Å². The SMILES string of the molecule is CC(CN(C)C)Nc1ccc(C(=O)O)c(Cl)c1. The Labute approximate surface area is 106 Å². The van der Waals surface area contributed by atoms with Gasteiger partial charge in [0.1, 0.15) is 0 Å². The topological polar surface area (TPSA) is 52.6 Å². The first-order chi connectivity index (χ1) is 7.90. The summed E-state index contributed by atoms with van der Waals surface area (Å²) in [4.78, 5) is 12.9. The molecule has 1 aromatic rings. The summed E-state index contributed by atoms with van der Waals surface area (Å²) in [6, 6.07) is 5.13. The molecule has 1 atom stereocenters. The van der Waals surface area contributed by atoms with Crippen LogP contribution in [0.15, 0.2) is 18.2 Å². The lowest BCUT2D eigenvalue weighted by molar-refractivity contribution is 0.0697. The molecule has 0 bridgehead atoms. The fourth-order valence-corrected chi connectivity index (χ4v) is 1.92. The lowest BCUT2D eigenvalue weighted by Gasteiger charge is -2.19. The maximum absolute atomic E-state index is 10.8. The van der Waals surface area contributed by atoms with Crippen molar-refractivity contribution in [2.24, 2.45) is 0 Å². The van der Waals surface area contributed by atoms with Gasteiger partial charge in [0.25, 0.3) is 0 Å². The van der Waals surface area contributed by atoms with Crippen LogP contribution in [0.3, 0.4) is 0 Å². The monoisotopic (exact) mass is 256 g/mol. The predicted octanol–water partition coefficient (Wildman–Crippen LogP) is 2.40. The Kier molecular flexibility index (Phi) is 4.78. The molecule has 17 heavy (non-hydrogen) atoms. The molecule has 0 spiro atoms. The third-order valence-corrected chi connectivity index (χ3v) is 2.56. The van der Waals surface area contributed by atoms with Gasteiger partial charge in [-0.25, -0.2) is 4.79 Å². The van der Waals surface area contributed by atoms with Gasteiger partial charge >= 0.3 is 5.97 Å². The molecule has 5 heteroatoms. The van der Waals surface area contributed by atoms with Gasteiger partial charge in [-0.15, -0.1) is 0 Å². The molecule has 0 aliphatic heterocycles. The maximum atomic E-state index is 10.8. The van der Waals surface area contributed by atoms with Crippen molar-refractivity contribution < 1.29 is 9.90 Å². The molecule has 0 heterocycles. The molecule has 0 aliphatic carbocycles. The second kappa shape index (κ2) is 5.89. The van der Waals surface area contributed by atoms with E-state index in [-0.39, 0.29) is 16.6 Å². The van der Waals surface area contributed by atoms with Gasteiger partial charge in [0, 0.05) is 18.3 Å². The van der Waals surface area contributed by atoms with E-state index in [0.29, 0.717) is 0 Å². The number of nitrogens with one attached hydrogen (secondary N) is 1. The Morgan fingerprint density at radius 3 is 2.65 bits per heavy atom. The molecule has 94 valence electrons. The van der Waals surface area contributed by atoms with Crippen molar-refractivity contribution in [2.45, 2.75) is 13.0 Å². The number of nitrogens with zero attached hydrogens (tertiary/aromatic N) is 1. The number of hydrogen-bond donors (Lipinski definition) is 2. The molecule has 2 N–H and O–H groups in total. The highest BCUT2D eigenvalue weighted by atomic mass is 35.5. The molecule has 1 unspecified atom stereocenters. The van der Waals surface area contributed by atoms with E-state index in [1.54, 1.807) is 12.1 Å². The van der Waals surface area contributed by atoms with E-state index in [2.05, 4.69) is 17.1 Å². The first kappa shape index (κ1) is 13.8. The summed E-state index contributed by atoms with van der Waals surface area (Å²) >= 11 is 5.88. The Bertz CT molecular complexity index is 407. The Balaban J connectivity index is 2.74. The first-order valence-electron chi connectivity index (χ1n) is 5.34. The summed E-state index contributed by atoms with van der Waals surface area (Å²) in [5.74, 6) is -1.01. The van der Waals surface area contributed by atoms with E-state index >= 15 is 0 Å². The number of carboxylic acid groups (broad SMARTS) is 1. The normalized spacial score (nSPS) is 12.5. The van der Waals surface area contributed by atoms with Crippen LogP contribution in [0.4, 0.5) is 5.69 Å². The molecule has 0 amide bonds. The standard InChI is InChI=1S/C12H17ClN2O2/c1-8(7-15(2)3)14-9-4-5-10(12(16)17)11(13)6-9/h4-6,8,14H,7H2,1-3H3,(H,16,17). The fraction of sp³-hybridized carbons (Fsp3) is 0.417. The fourth-order valence-electron chi connectivity index (χ4n) is 1.66. The molecule has 0 saturated carbocycles. The minimum absolute atomic E-state index is 0.123. The van der Waals surface area contributed by atoms with E-state index in [4.69, 9.17) is 16.7 Å². The largest absolute Gasteiger partial charge is 0.478 e. The van der Waals surface area contributed by atoms with Gasteiger partial charge in [0.15, 0.2) is 0 Å². The highest BCUT2D eigenvalue weighted by Gasteiger charge is 2.10. The van der Waals surface area contributed by atoms with Crippen LogP contribution in [0, 0.1) is 0 Å². The number of carbonyl (C=O) groups is 1. The average Bonchev–Trinajstić information content (AvgIpc) is 2.15. The summed E-state index contributed by atoms with van der Waals surface area (Å²) in [5, 5.41) is 12.4. The Hall–Kier alpha value is -1.26. The second-order valence-corrected chi connectivity index (χ2v) is 4.71. The van der Waals surface area contributed by atoms with Crippen LogP contribution in [-0.2, 0) is 0 Å². The van der Waals surface area contributed by atoms with Crippen LogP contribution in [0.1, 0.15) is 17.3 Å². The first-order valence-corrected chi connectivity index (χ1v) is 5.72. The third kappa shape index (κ3) is 4.24. The number of carboxylic acids is 1. The van der Waals surface area contributed by atoms with Gasteiger partial charge in [-0.2, -0.15) is 0 Å². The summed E-state index contributed by atoms with van der Waals surface area (Å²) in [7, 11) is 4.00. The predicted molar refractivity (Wildman–Crippen MR) is 70.1 cm³/mol. The van der Waals surface area contributed by atoms with E-state index in [1.165, 1.54) is 6.07 Å². The lowest BCUT2D eigenvalue weighted by atomic mass is 10.2. The van der Waals surface area contributed by atoms with Crippen LogP contribution in [0.5, 0.6) is 0 Å². The number of aromatic carboxylic acids is 1. The van der Waals surface area contributed by atoms with Crippen LogP contribution in [0.2, 0.25) is 5.02 Å². The molecule has 0 radical (unpaired) electrons. The zero-order valence-corrected chi connectivity index (χ0v) is 11.0. The van der Waals surface area contributed by atoms with E-state index < -0.39 is 5.97 Å². The van der Waals surface area contributed by atoms with Gasteiger partial charge in [-0.1, -0.05) is 11.6 Å². The van der Waals surface area contributed by atoms with Gasteiger partial charge in [-0.3, -0.25) is 0 Å². The third-order valence-electron chi connectivity index (χ3n) is 2.25. The molecule has 0 aromatic heterocycles. The van der Waals surface area contributed by atoms with Crippen molar-refractivity contribution in [3.05, 3.63) is 28.8 Å². The highest BCUT2D eigenvalue weighted by molar-refractivity contribution is 6.33. The molecule has 4 nitrogen and oxygen atoms in total. The lowest BCUT2D eigenvalue weighted by Crippen LogP contribution is -2.29. The number of likely N-dealkylation sites (N-methyl/N-ethyl adjacent to an activating group) is 1. The number of rotatable bonds is 5. The van der Waals surface area contributed by atoms with Gasteiger partial charge < -0.3 is 15.3 Å². The summed E-state index contributed by atoms with van der Waals surface area (Å²) in [5.41, 5.74) is 0.951. The van der Waals surface area contributed by atoms with Gasteiger partial charge in [0.05, 0.1) is 10.6 Å². The van der Waals surface area contributed by atoms with Crippen LogP contribution in [0.25, 0.3) is 0 Å². The van der Waals surface area contributed by atoms with Crippen molar-refractivity contribution in [3.63, 3.8) is 0 Å². The molecule has 1 aromatic carbocycles. The van der Waals surface area contributed by atoms with Crippen molar-refractivity contribution in [1.29, 1.82) is 0 Å². The van der Waals surface area contributed by atoms with E-state index in [0.717, 1.165) is 12.2 Å². The quantitative estimate of drug-likeness (QED) is 0.850. The second-order valence-electron chi connectivity index (χ2n) is 4.31. The highest BCUT2D eigenvalue weighted by Crippen LogP contribution is 2.21. The average molecular weight is 257 g/mol. The minimum atomic E-state index is -1.01. The minimum Gasteiger partial charge on any atom is -0.478 e. The zero-order valence-electron chi connectivity index (χ0n) is 10.2. The van der Waals surface area contributed by atoms with Crippen molar-refractivity contribution in [1.82, 2.24) is 4.90 Å². The van der Waals surface area contributed by atoms with Gasteiger partial charge in [0.2, 0.25) is 0 Å². The molecule has 0 aliphatic rings. The molecular weight excluding hydrogens is 240 g/mol. The summed E-state index contributed by atoms with van der Waals surface area (Å²) < 4.78 is 0. The smallest absolute Gasteiger partial charge is 0.337 e. The molecule has 1 rings (SSSR count). The van der Waals surface area contributed by atoms with Crippen molar-refractivity contribution in [3.8, 4) is 0 Å². The van der Waals surface area contributed by atoms with Crippen LogP contribution < -0.4 is 5.32 Å². The number of anilines is 1. The van der Waals surface area contributed by atoms with E-state index in [9.17, 15) is 4.79 Å². The maximum Gasteiger partial charge on any atom is 0.337 e. The van der Waals surface area contributed by atoms with Crippen molar-refractivity contribution in [2.75, 3.05) is 26.0 Å². The zero-order chi connectivity index (χ0) is 13.0. The van der Waals surface area contributed by atoms with Crippen LogP contribution >= 0.6 is 11.6 Å². The van der Waals surface area contributed by atoms with Gasteiger partial charge in [-0.05, 0) is 39.2 Å². The number of benzene rings is 1. The molecule has 0 fully saturated rings. The molecule has 0 saturated heterocycles. The Morgan fingerprint density at radius 1 is 1.53 bits per heavy atom. The molecular formula is C12H17ClN2O2. The van der Waals surface area contributed by atoms with Crippen LogP contribution in [-0.4, -0.2) is 42.7 Å². The summed E-state index contributed by atoms with van der Waals surface area (Å²) in [6.45, 7) is 2.94. The number of halogens is 1. The summed E-state index contributed by atoms with van der Waals surface area (Å²) in [6.07, 6.45) is 0. The van der Waals surface area contributed by atoms with E-state index in [1.807, 2.05) is 14.1 Å². The Morgan fingerprint density at radius 2 is 2.18 bits per heavy atom. The number of hydrogen-bond acceptors (Lipinski definition) is 3.